The van der Waals surface area contributed by atoms with Gasteiger partial charge >= 0.3 is 0 Å². The molecule has 1 atom stereocenters. The molecule has 0 spiro atoms. The lowest BCUT2D eigenvalue weighted by molar-refractivity contribution is -0.115. The number of halogens is 3. The summed E-state index contributed by atoms with van der Waals surface area (Å²) in [5.41, 5.74) is 0.628. The van der Waals surface area contributed by atoms with E-state index in [4.69, 9.17) is 11.6 Å². The van der Waals surface area contributed by atoms with Crippen LogP contribution in [-0.2, 0) is 4.79 Å². The van der Waals surface area contributed by atoms with Gasteiger partial charge in [0.25, 0.3) is 0 Å². The Morgan fingerprint density at radius 3 is 2.80 bits per heavy atom. The number of amides is 1. The summed E-state index contributed by atoms with van der Waals surface area (Å²) >= 11 is 12.5. The van der Waals surface area contributed by atoms with Gasteiger partial charge in [-0.3, -0.25) is 4.79 Å². The number of benzene rings is 1. The summed E-state index contributed by atoms with van der Waals surface area (Å²) in [6, 6.07) is 5.34. The van der Waals surface area contributed by atoms with Crippen molar-refractivity contribution < 1.29 is 4.79 Å². The van der Waals surface area contributed by atoms with Gasteiger partial charge in [0.15, 0.2) is 0 Å². The molecule has 1 aromatic carbocycles. The van der Waals surface area contributed by atoms with Gasteiger partial charge in [-0.25, -0.2) is 0 Å². The fraction of sp³-hybridized carbons (Fsp3) is 0.300. The lowest BCUT2D eigenvalue weighted by Crippen LogP contribution is -2.22. The third-order valence-electron chi connectivity index (χ3n) is 1.83. The third-order valence-corrected chi connectivity index (χ3v) is 3.70. The fourth-order valence-corrected chi connectivity index (χ4v) is 1.82. The molecule has 5 heteroatoms. The normalized spacial score (nSPS) is 12.3. The Morgan fingerprint density at radius 2 is 2.27 bits per heavy atom. The Labute approximate surface area is 111 Å². The molecule has 15 heavy (non-hydrogen) atoms. The molecule has 1 unspecified atom stereocenters. The van der Waals surface area contributed by atoms with Crippen LogP contribution in [0.2, 0.25) is 5.02 Å². The quantitative estimate of drug-likeness (QED) is 0.809. The van der Waals surface area contributed by atoms with Crippen LogP contribution in [-0.4, -0.2) is 10.7 Å². The Bertz CT molecular complexity index is 370. The van der Waals surface area contributed by atoms with Crippen molar-refractivity contribution in [3.05, 3.63) is 27.7 Å². The van der Waals surface area contributed by atoms with Gasteiger partial charge < -0.3 is 5.32 Å². The molecular weight excluding hydrogens is 345 g/mol. The van der Waals surface area contributed by atoms with Crippen LogP contribution in [0.3, 0.4) is 0 Å². The van der Waals surface area contributed by atoms with Gasteiger partial charge in [0.2, 0.25) is 5.91 Å². The van der Waals surface area contributed by atoms with E-state index in [0.717, 1.165) is 10.9 Å². The lowest BCUT2D eigenvalue weighted by Gasteiger charge is -2.10. The zero-order valence-corrected chi connectivity index (χ0v) is 12.0. The van der Waals surface area contributed by atoms with E-state index in [0.29, 0.717) is 10.7 Å². The summed E-state index contributed by atoms with van der Waals surface area (Å²) in [7, 11) is 0. The Morgan fingerprint density at radius 1 is 1.60 bits per heavy atom. The Balaban J connectivity index is 2.77. The van der Waals surface area contributed by atoms with Crippen LogP contribution < -0.4 is 5.32 Å². The van der Waals surface area contributed by atoms with Crippen molar-refractivity contribution in [3.63, 3.8) is 0 Å². The van der Waals surface area contributed by atoms with Crippen LogP contribution in [0, 0.1) is 0 Å². The van der Waals surface area contributed by atoms with Crippen molar-refractivity contribution in [2.75, 3.05) is 5.32 Å². The molecule has 0 aliphatic heterocycles. The maximum atomic E-state index is 11.6. The van der Waals surface area contributed by atoms with Crippen LogP contribution in [0.15, 0.2) is 22.7 Å². The second-order valence-corrected chi connectivity index (χ2v) is 5.42. The van der Waals surface area contributed by atoms with Gasteiger partial charge in [0.05, 0.1) is 15.5 Å². The van der Waals surface area contributed by atoms with Gasteiger partial charge in [-0.1, -0.05) is 50.4 Å². The van der Waals surface area contributed by atoms with Crippen LogP contribution in [0.1, 0.15) is 13.3 Å². The molecule has 1 N–H and O–H groups in total. The highest BCUT2D eigenvalue weighted by molar-refractivity contribution is 9.10. The molecule has 1 aromatic rings. The summed E-state index contributed by atoms with van der Waals surface area (Å²) < 4.78 is 0.886. The predicted molar refractivity (Wildman–Crippen MR) is 70.8 cm³/mol. The largest absolute Gasteiger partial charge is 0.324 e. The first-order valence-corrected chi connectivity index (χ1v) is 6.53. The molecule has 0 radical (unpaired) electrons. The molecule has 0 fully saturated rings. The topological polar surface area (TPSA) is 29.1 Å². The van der Waals surface area contributed by atoms with Gasteiger partial charge in [0.1, 0.15) is 0 Å². The van der Waals surface area contributed by atoms with E-state index in [9.17, 15) is 4.79 Å². The lowest BCUT2D eigenvalue weighted by atomic mass is 10.3. The zero-order chi connectivity index (χ0) is 11.4. The first kappa shape index (κ1) is 13.0. The van der Waals surface area contributed by atoms with Crippen LogP contribution >= 0.6 is 43.5 Å². The molecule has 0 bridgehead atoms. The number of nitrogens with one attached hydrogen (secondary N) is 1. The minimum atomic E-state index is -0.183. The first-order valence-electron chi connectivity index (χ1n) is 4.44. The molecule has 0 aliphatic rings. The fourth-order valence-electron chi connectivity index (χ4n) is 0.987. The molecule has 0 aliphatic carbocycles. The smallest absolute Gasteiger partial charge is 0.238 e. The SMILES string of the molecule is CCC(Br)C(=O)Nc1ccc(Br)cc1Cl. The maximum Gasteiger partial charge on any atom is 0.238 e. The molecule has 0 saturated carbocycles. The molecule has 0 heterocycles. The highest BCUT2D eigenvalue weighted by atomic mass is 79.9. The molecule has 0 aromatic heterocycles. The van der Waals surface area contributed by atoms with Gasteiger partial charge in [0, 0.05) is 4.47 Å². The van der Waals surface area contributed by atoms with Crippen molar-refractivity contribution >= 4 is 55.1 Å². The molecule has 2 nitrogen and oxygen atoms in total. The summed E-state index contributed by atoms with van der Waals surface area (Å²) in [5, 5.41) is 3.27. The van der Waals surface area contributed by atoms with Crippen LogP contribution in [0.25, 0.3) is 0 Å². The minimum absolute atomic E-state index is 0.0817. The van der Waals surface area contributed by atoms with Crippen molar-refractivity contribution in [1.29, 1.82) is 0 Å². The average molecular weight is 355 g/mol. The number of anilines is 1. The van der Waals surface area contributed by atoms with E-state index in [1.54, 1.807) is 12.1 Å². The van der Waals surface area contributed by atoms with E-state index in [1.807, 2.05) is 13.0 Å². The zero-order valence-electron chi connectivity index (χ0n) is 8.06. The number of rotatable bonds is 3. The number of alkyl halides is 1. The highest BCUT2D eigenvalue weighted by Gasteiger charge is 2.13. The first-order chi connectivity index (χ1) is 7.04. The summed E-state index contributed by atoms with van der Waals surface area (Å²) in [6.45, 7) is 1.93. The molecular formula is C10H10Br2ClNO. The highest BCUT2D eigenvalue weighted by Crippen LogP contribution is 2.26. The number of carbonyl (C=O) groups excluding carboxylic acids is 1. The number of carbonyl (C=O) groups is 1. The molecule has 1 amide bonds. The van der Waals surface area contributed by atoms with Crippen LogP contribution in [0.4, 0.5) is 5.69 Å². The van der Waals surface area contributed by atoms with Crippen molar-refractivity contribution in [3.8, 4) is 0 Å². The maximum absolute atomic E-state index is 11.6. The molecule has 1 rings (SSSR count). The van der Waals surface area contributed by atoms with E-state index in [-0.39, 0.29) is 10.7 Å². The Kier molecular flexibility index (Phi) is 5.09. The number of hydrogen-bond donors (Lipinski definition) is 1. The van der Waals surface area contributed by atoms with E-state index in [2.05, 4.69) is 37.2 Å². The monoisotopic (exact) mass is 353 g/mol. The minimum Gasteiger partial charge on any atom is -0.324 e. The van der Waals surface area contributed by atoms with Crippen molar-refractivity contribution in [2.24, 2.45) is 0 Å². The summed E-state index contributed by atoms with van der Waals surface area (Å²) in [6.07, 6.45) is 0.736. The summed E-state index contributed by atoms with van der Waals surface area (Å²) in [5.74, 6) is -0.0817. The van der Waals surface area contributed by atoms with Crippen LogP contribution in [0.5, 0.6) is 0 Å². The second-order valence-electron chi connectivity index (χ2n) is 2.99. The second kappa shape index (κ2) is 5.87. The van der Waals surface area contributed by atoms with Gasteiger partial charge in [-0.05, 0) is 24.6 Å². The van der Waals surface area contributed by atoms with Crippen molar-refractivity contribution in [2.45, 2.75) is 18.2 Å². The third kappa shape index (κ3) is 3.78. The van der Waals surface area contributed by atoms with Crippen molar-refractivity contribution in [1.82, 2.24) is 0 Å². The number of hydrogen-bond acceptors (Lipinski definition) is 1. The van der Waals surface area contributed by atoms with Gasteiger partial charge in [-0.15, -0.1) is 0 Å². The summed E-state index contributed by atoms with van der Waals surface area (Å²) in [4.78, 5) is 11.4. The molecule has 82 valence electrons. The van der Waals surface area contributed by atoms with E-state index in [1.165, 1.54) is 0 Å². The predicted octanol–water partition coefficient (Wildman–Crippen LogP) is 4.21. The Hall–Kier alpha value is -0.0600. The molecule has 0 saturated heterocycles. The average Bonchev–Trinajstić information content (AvgIpc) is 2.20. The van der Waals surface area contributed by atoms with Gasteiger partial charge in [-0.2, -0.15) is 0 Å². The standard InChI is InChI=1S/C10H10Br2ClNO/c1-2-7(12)10(15)14-9-4-3-6(11)5-8(9)13/h3-5,7H,2H2,1H3,(H,14,15). The van der Waals surface area contributed by atoms with E-state index < -0.39 is 0 Å². The van der Waals surface area contributed by atoms with E-state index >= 15 is 0 Å².